The normalized spacial score (nSPS) is 12.0. The van der Waals surface area contributed by atoms with E-state index < -0.39 is 10.0 Å². The van der Waals surface area contributed by atoms with Gasteiger partial charge in [-0.2, -0.15) is 4.98 Å². The van der Waals surface area contributed by atoms with Crippen molar-refractivity contribution < 1.29 is 12.9 Å². The number of nitrogens with two attached hydrogens (primary N) is 1. The van der Waals surface area contributed by atoms with Crippen molar-refractivity contribution in [1.82, 2.24) is 24.2 Å². The van der Waals surface area contributed by atoms with Gasteiger partial charge in [0.05, 0.1) is 0 Å². The molecule has 3 aromatic rings. The quantitative estimate of drug-likeness (QED) is 0.669. The zero-order valence-electron chi connectivity index (χ0n) is 10.8. The van der Waals surface area contributed by atoms with Crippen LogP contribution >= 0.6 is 0 Å². The van der Waals surface area contributed by atoms with Crippen LogP contribution < -0.4 is 10.5 Å². The van der Waals surface area contributed by atoms with Crippen LogP contribution in [0, 0.1) is 0 Å². The third-order valence-corrected chi connectivity index (χ3v) is 4.31. The van der Waals surface area contributed by atoms with E-state index >= 15 is 0 Å². The van der Waals surface area contributed by atoms with Crippen LogP contribution in [0.2, 0.25) is 0 Å². The van der Waals surface area contributed by atoms with Crippen LogP contribution in [-0.4, -0.2) is 34.5 Å². The highest BCUT2D eigenvalue weighted by Crippen LogP contribution is 2.19. The molecule has 0 spiro atoms. The summed E-state index contributed by atoms with van der Waals surface area (Å²) in [5, 5.41) is 3.53. The van der Waals surface area contributed by atoms with Crippen LogP contribution in [0.15, 0.2) is 40.3 Å². The number of rotatable bonds is 5. The fraction of sp³-hybridized carbons (Fsp3) is 0.182. The largest absolute Gasteiger partial charge is 0.381 e. The van der Waals surface area contributed by atoms with Crippen LogP contribution in [-0.2, 0) is 16.4 Å². The van der Waals surface area contributed by atoms with Gasteiger partial charge >= 0.3 is 0 Å². The smallest absolute Gasteiger partial charge is 0.260 e. The summed E-state index contributed by atoms with van der Waals surface area (Å²) in [6, 6.07) is 5.13. The fourth-order valence-electron chi connectivity index (χ4n) is 1.93. The summed E-state index contributed by atoms with van der Waals surface area (Å²) >= 11 is 0. The van der Waals surface area contributed by atoms with Crippen molar-refractivity contribution in [1.29, 1.82) is 0 Å². The molecule has 0 bridgehead atoms. The summed E-state index contributed by atoms with van der Waals surface area (Å²) in [7, 11) is -3.79. The van der Waals surface area contributed by atoms with Crippen molar-refractivity contribution in [2.24, 2.45) is 0 Å². The lowest BCUT2D eigenvalue weighted by Gasteiger charge is -2.06. The molecule has 3 heterocycles. The first-order chi connectivity index (χ1) is 10.1. The van der Waals surface area contributed by atoms with Crippen molar-refractivity contribution in [3.63, 3.8) is 0 Å². The minimum atomic E-state index is -3.79. The number of fused-ring (bicyclic) bond motifs is 1. The molecule has 0 fully saturated rings. The van der Waals surface area contributed by atoms with E-state index in [0.29, 0.717) is 17.9 Å². The Kier molecular flexibility index (Phi) is 3.31. The second kappa shape index (κ2) is 5.14. The Hall–Kier alpha value is -2.46. The van der Waals surface area contributed by atoms with Gasteiger partial charge in [0, 0.05) is 19.2 Å². The van der Waals surface area contributed by atoms with Crippen LogP contribution in [0.5, 0.6) is 0 Å². The molecule has 0 atom stereocenters. The van der Waals surface area contributed by atoms with Gasteiger partial charge in [-0.25, -0.2) is 18.1 Å². The fourth-order valence-corrected chi connectivity index (χ4v) is 3.17. The van der Waals surface area contributed by atoms with Crippen LogP contribution in [0.3, 0.4) is 0 Å². The highest BCUT2D eigenvalue weighted by molar-refractivity contribution is 7.89. The van der Waals surface area contributed by atoms with E-state index in [9.17, 15) is 8.42 Å². The molecule has 0 saturated heterocycles. The second-order valence-electron chi connectivity index (χ2n) is 4.23. The predicted molar refractivity (Wildman–Crippen MR) is 72.8 cm³/mol. The molecule has 3 rings (SSSR count). The molecule has 3 aromatic heterocycles. The summed E-state index contributed by atoms with van der Waals surface area (Å²) < 4.78 is 33.1. The lowest BCUT2D eigenvalue weighted by Crippen LogP contribution is -2.28. The number of sulfonamides is 1. The maximum Gasteiger partial charge on any atom is 0.260 e. The molecule has 0 saturated carbocycles. The zero-order chi connectivity index (χ0) is 14.9. The number of nitrogens with one attached hydrogen (secondary N) is 1. The molecule has 0 aliphatic carbocycles. The maximum absolute atomic E-state index is 12.3. The number of aromatic nitrogens is 4. The number of hydrogen-bond acceptors (Lipinski definition) is 7. The van der Waals surface area contributed by atoms with Gasteiger partial charge < -0.3 is 10.3 Å². The van der Waals surface area contributed by atoms with Crippen molar-refractivity contribution in [2.45, 2.75) is 11.4 Å². The van der Waals surface area contributed by atoms with Gasteiger partial charge in [0.1, 0.15) is 5.65 Å². The molecule has 0 aromatic carbocycles. The molecule has 21 heavy (non-hydrogen) atoms. The number of pyridine rings is 1. The van der Waals surface area contributed by atoms with Gasteiger partial charge in [-0.15, -0.1) is 0 Å². The highest BCUT2D eigenvalue weighted by Gasteiger charge is 2.23. The third kappa shape index (κ3) is 2.58. The Morgan fingerprint density at radius 3 is 3.00 bits per heavy atom. The van der Waals surface area contributed by atoms with Crippen molar-refractivity contribution in [2.75, 3.05) is 12.3 Å². The molecule has 10 heteroatoms. The van der Waals surface area contributed by atoms with Gasteiger partial charge in [-0.05, 0) is 12.1 Å². The Morgan fingerprint density at radius 2 is 2.24 bits per heavy atom. The van der Waals surface area contributed by atoms with Crippen molar-refractivity contribution in [3.05, 3.63) is 36.6 Å². The van der Waals surface area contributed by atoms with Gasteiger partial charge in [-0.1, -0.05) is 11.2 Å². The average Bonchev–Trinajstić information content (AvgIpc) is 3.04. The molecule has 9 nitrogen and oxygen atoms in total. The van der Waals surface area contributed by atoms with E-state index in [4.69, 9.17) is 5.73 Å². The molecule has 0 amide bonds. The van der Waals surface area contributed by atoms with E-state index in [1.165, 1.54) is 10.8 Å². The van der Waals surface area contributed by atoms with Crippen molar-refractivity contribution >= 4 is 21.5 Å². The number of anilines is 1. The molecule has 0 unspecified atom stereocenters. The first-order valence-electron chi connectivity index (χ1n) is 6.05. The van der Waals surface area contributed by atoms with E-state index in [1.807, 2.05) is 0 Å². The summed E-state index contributed by atoms with van der Waals surface area (Å²) in [6.45, 7) is 0.126. The topological polar surface area (TPSA) is 128 Å². The minimum Gasteiger partial charge on any atom is -0.381 e. The Morgan fingerprint density at radius 1 is 1.38 bits per heavy atom. The number of nitrogens with zero attached hydrogens (tertiary/aromatic N) is 4. The third-order valence-electron chi connectivity index (χ3n) is 2.81. The molecule has 0 aliphatic heterocycles. The first-order valence-corrected chi connectivity index (χ1v) is 7.54. The number of nitrogen functional groups attached to an aromatic ring is 1. The summed E-state index contributed by atoms with van der Waals surface area (Å²) in [5.41, 5.74) is 6.18. The van der Waals surface area contributed by atoms with E-state index in [1.54, 1.807) is 24.4 Å². The maximum atomic E-state index is 12.3. The monoisotopic (exact) mass is 308 g/mol. The molecular weight excluding hydrogens is 296 g/mol. The molecule has 110 valence electrons. The molecule has 0 radical (unpaired) electrons. The van der Waals surface area contributed by atoms with E-state index in [2.05, 4.69) is 24.4 Å². The second-order valence-corrected chi connectivity index (χ2v) is 5.91. The van der Waals surface area contributed by atoms with Crippen LogP contribution in [0.25, 0.3) is 5.65 Å². The Balaban J connectivity index is 1.84. The molecule has 3 N–H and O–H groups in total. The Labute approximate surface area is 119 Å². The van der Waals surface area contributed by atoms with Crippen LogP contribution in [0.4, 0.5) is 5.82 Å². The van der Waals surface area contributed by atoms with Crippen LogP contribution in [0.1, 0.15) is 5.82 Å². The van der Waals surface area contributed by atoms with Gasteiger partial charge in [0.2, 0.25) is 6.39 Å². The molecular formula is C11H12N6O3S. The highest BCUT2D eigenvalue weighted by atomic mass is 32.2. The minimum absolute atomic E-state index is 0.0479. The van der Waals surface area contributed by atoms with Gasteiger partial charge in [-0.3, -0.25) is 4.40 Å². The van der Waals surface area contributed by atoms with Gasteiger partial charge in [0.25, 0.3) is 10.0 Å². The summed E-state index contributed by atoms with van der Waals surface area (Å²) in [4.78, 5) is 7.83. The van der Waals surface area contributed by atoms with E-state index in [-0.39, 0.29) is 17.4 Å². The van der Waals surface area contributed by atoms with E-state index in [0.717, 1.165) is 0 Å². The number of hydrogen-bond donors (Lipinski definition) is 2. The summed E-state index contributed by atoms with van der Waals surface area (Å²) in [6.07, 6.45) is 3.09. The van der Waals surface area contributed by atoms with Crippen molar-refractivity contribution in [3.8, 4) is 0 Å². The van der Waals surface area contributed by atoms with Gasteiger partial charge in [0.15, 0.2) is 16.7 Å². The zero-order valence-corrected chi connectivity index (χ0v) is 11.6. The predicted octanol–water partition coefficient (Wildman–Crippen LogP) is -0.180. The lowest BCUT2D eigenvalue weighted by atomic mass is 10.4. The number of imidazole rings is 1. The first kappa shape index (κ1) is 13.5. The Bertz CT molecular complexity index is 855. The average molecular weight is 308 g/mol. The standard InChI is InChI=1S/C11H12N6O3S/c12-10-11(17-6-2-1-3-9(17)15-10)21(18,19)14-5-4-8-13-7-20-16-8/h1-3,6-7,14H,4-5,12H2. The molecule has 0 aliphatic rings. The lowest BCUT2D eigenvalue weighted by molar-refractivity contribution is 0.409. The summed E-state index contributed by atoms with van der Waals surface area (Å²) in [5.74, 6) is 0.372. The SMILES string of the molecule is Nc1nc2ccccn2c1S(=O)(=O)NCCc1ncon1.